The topological polar surface area (TPSA) is 49.4 Å². The second-order valence-corrected chi connectivity index (χ2v) is 4.41. The van der Waals surface area contributed by atoms with Gasteiger partial charge in [-0.25, -0.2) is 4.39 Å². The van der Waals surface area contributed by atoms with Crippen LogP contribution < -0.4 is 5.32 Å². The Morgan fingerprint density at radius 2 is 2.22 bits per heavy atom. The summed E-state index contributed by atoms with van der Waals surface area (Å²) in [6.45, 7) is 2.10. The molecule has 0 aliphatic carbocycles. The molecule has 1 unspecified atom stereocenters. The number of hydrogen-bond acceptors (Lipinski definition) is 3. The van der Waals surface area contributed by atoms with Crippen LogP contribution >= 0.6 is 11.6 Å². The van der Waals surface area contributed by atoms with Crippen molar-refractivity contribution in [2.45, 2.75) is 19.4 Å². The molecule has 0 spiro atoms. The summed E-state index contributed by atoms with van der Waals surface area (Å²) >= 11 is 5.64. The Balaban J connectivity index is 2.13. The lowest BCUT2D eigenvalue weighted by atomic mass is 10.2. The van der Waals surface area contributed by atoms with Gasteiger partial charge in [0.2, 0.25) is 5.91 Å². The van der Waals surface area contributed by atoms with Crippen LogP contribution in [0.2, 0.25) is 5.02 Å². The highest BCUT2D eigenvalue weighted by Gasteiger charge is 2.37. The van der Waals surface area contributed by atoms with Crippen LogP contribution in [0.1, 0.15) is 13.3 Å². The van der Waals surface area contributed by atoms with Crippen LogP contribution in [0.4, 0.5) is 10.1 Å². The van der Waals surface area contributed by atoms with Gasteiger partial charge in [-0.1, -0.05) is 11.6 Å². The molecule has 6 heteroatoms. The van der Waals surface area contributed by atoms with E-state index in [2.05, 4.69) is 5.32 Å². The Morgan fingerprint density at radius 1 is 1.50 bits per heavy atom. The van der Waals surface area contributed by atoms with E-state index in [0.29, 0.717) is 12.2 Å². The number of rotatable bonds is 3. The van der Waals surface area contributed by atoms with Gasteiger partial charge in [-0.3, -0.25) is 14.5 Å². The fourth-order valence-electron chi connectivity index (χ4n) is 1.92. The molecular formula is C12H12ClFN2O2. The van der Waals surface area contributed by atoms with E-state index in [1.165, 1.54) is 23.1 Å². The van der Waals surface area contributed by atoms with Crippen LogP contribution in [0.15, 0.2) is 18.2 Å². The molecule has 4 nitrogen and oxygen atoms in total. The summed E-state index contributed by atoms with van der Waals surface area (Å²) in [6, 6.07) is 3.49. The lowest BCUT2D eigenvalue weighted by molar-refractivity contribution is -0.138. The van der Waals surface area contributed by atoms with Gasteiger partial charge in [-0.15, -0.1) is 0 Å². The summed E-state index contributed by atoms with van der Waals surface area (Å²) in [4.78, 5) is 24.6. The number of nitrogens with zero attached hydrogens (tertiary/aromatic N) is 1. The second kappa shape index (κ2) is 4.94. The molecule has 0 radical (unpaired) electrons. The van der Waals surface area contributed by atoms with Crippen molar-refractivity contribution in [2.24, 2.45) is 0 Å². The van der Waals surface area contributed by atoms with E-state index in [9.17, 15) is 14.0 Å². The summed E-state index contributed by atoms with van der Waals surface area (Å²) in [5.74, 6) is -0.984. The number of likely N-dealkylation sites (tertiary alicyclic amines) is 1. The maximum atomic E-state index is 13.0. The summed E-state index contributed by atoms with van der Waals surface area (Å²) in [5, 5.41) is 2.87. The van der Waals surface area contributed by atoms with Gasteiger partial charge in [0, 0.05) is 12.2 Å². The first kappa shape index (κ1) is 12.8. The number of carbonyl (C=O) groups excluding carboxylic acids is 2. The normalized spacial score (nSPS) is 19.5. The largest absolute Gasteiger partial charge is 0.373 e. The third kappa shape index (κ3) is 2.31. The van der Waals surface area contributed by atoms with Crippen molar-refractivity contribution in [3.8, 4) is 0 Å². The standard InChI is InChI=1S/C12H12ClFN2O2/c1-2-16-11(17)6-10(12(16)18)15-7-3-4-9(14)8(13)5-7/h3-5,10,15H,2,6H2,1H3. The molecule has 1 aliphatic heterocycles. The molecule has 2 amide bonds. The van der Waals surface area contributed by atoms with E-state index in [1.54, 1.807) is 6.92 Å². The van der Waals surface area contributed by atoms with Crippen LogP contribution in [0.3, 0.4) is 0 Å². The van der Waals surface area contributed by atoms with Crippen molar-refractivity contribution in [3.05, 3.63) is 29.0 Å². The van der Waals surface area contributed by atoms with Crippen LogP contribution in [0.25, 0.3) is 0 Å². The van der Waals surface area contributed by atoms with Gasteiger partial charge in [-0.2, -0.15) is 0 Å². The molecule has 1 atom stereocenters. The predicted molar refractivity (Wildman–Crippen MR) is 65.8 cm³/mol. The van der Waals surface area contributed by atoms with Crippen molar-refractivity contribution in [1.82, 2.24) is 4.90 Å². The number of amides is 2. The molecule has 1 fully saturated rings. The summed E-state index contributed by atoms with van der Waals surface area (Å²) in [6.07, 6.45) is 0.113. The lowest BCUT2D eigenvalue weighted by Crippen LogP contribution is -2.34. The molecule has 96 valence electrons. The van der Waals surface area contributed by atoms with Crippen molar-refractivity contribution in [3.63, 3.8) is 0 Å². The Bertz CT molecular complexity index is 507. The number of halogens is 2. The highest BCUT2D eigenvalue weighted by Crippen LogP contribution is 2.22. The van der Waals surface area contributed by atoms with Gasteiger partial charge in [0.1, 0.15) is 11.9 Å². The van der Waals surface area contributed by atoms with E-state index < -0.39 is 11.9 Å². The first-order valence-corrected chi connectivity index (χ1v) is 5.96. The lowest BCUT2D eigenvalue weighted by Gasteiger charge is -2.14. The minimum atomic E-state index is -0.598. The second-order valence-electron chi connectivity index (χ2n) is 4.01. The van der Waals surface area contributed by atoms with Gasteiger partial charge in [0.25, 0.3) is 5.91 Å². The predicted octanol–water partition coefficient (Wildman–Crippen LogP) is 2.04. The number of likely N-dealkylation sites (N-methyl/N-ethyl adjacent to an activating group) is 1. The molecule has 2 rings (SSSR count). The van der Waals surface area contributed by atoms with Crippen molar-refractivity contribution in [2.75, 3.05) is 11.9 Å². The zero-order valence-electron chi connectivity index (χ0n) is 9.74. The van der Waals surface area contributed by atoms with Crippen LogP contribution in [-0.2, 0) is 9.59 Å². The number of benzene rings is 1. The molecule has 1 saturated heterocycles. The number of imide groups is 1. The van der Waals surface area contributed by atoms with E-state index in [1.807, 2.05) is 0 Å². The third-order valence-corrected chi connectivity index (χ3v) is 3.11. The van der Waals surface area contributed by atoms with E-state index in [-0.39, 0.29) is 23.3 Å². The monoisotopic (exact) mass is 270 g/mol. The van der Waals surface area contributed by atoms with Crippen LogP contribution in [-0.4, -0.2) is 29.3 Å². The number of carbonyl (C=O) groups is 2. The van der Waals surface area contributed by atoms with Crippen molar-refractivity contribution in [1.29, 1.82) is 0 Å². The maximum Gasteiger partial charge on any atom is 0.252 e. The molecule has 0 aromatic heterocycles. The van der Waals surface area contributed by atoms with E-state index in [4.69, 9.17) is 11.6 Å². The Kier molecular flexibility index (Phi) is 3.52. The van der Waals surface area contributed by atoms with Gasteiger partial charge in [0.15, 0.2) is 0 Å². The molecule has 0 bridgehead atoms. The fraction of sp³-hybridized carbons (Fsp3) is 0.333. The molecule has 1 aromatic carbocycles. The Morgan fingerprint density at radius 3 is 2.78 bits per heavy atom. The Hall–Kier alpha value is -1.62. The Labute approximate surface area is 109 Å². The number of anilines is 1. The first-order chi connectivity index (χ1) is 8.52. The van der Waals surface area contributed by atoms with E-state index >= 15 is 0 Å². The van der Waals surface area contributed by atoms with Gasteiger partial charge < -0.3 is 5.32 Å². The smallest absolute Gasteiger partial charge is 0.252 e. The third-order valence-electron chi connectivity index (χ3n) is 2.82. The van der Waals surface area contributed by atoms with E-state index in [0.717, 1.165) is 0 Å². The molecule has 18 heavy (non-hydrogen) atoms. The highest BCUT2D eigenvalue weighted by molar-refractivity contribution is 6.31. The fourth-order valence-corrected chi connectivity index (χ4v) is 2.10. The molecule has 1 heterocycles. The minimum Gasteiger partial charge on any atom is -0.373 e. The highest BCUT2D eigenvalue weighted by atomic mass is 35.5. The molecule has 1 N–H and O–H groups in total. The molecule has 0 saturated carbocycles. The number of hydrogen-bond donors (Lipinski definition) is 1. The summed E-state index contributed by atoms with van der Waals surface area (Å²) in [7, 11) is 0. The van der Waals surface area contributed by atoms with Gasteiger partial charge in [0.05, 0.1) is 11.4 Å². The maximum absolute atomic E-state index is 13.0. The minimum absolute atomic E-state index is 0.0240. The van der Waals surface area contributed by atoms with Crippen LogP contribution in [0, 0.1) is 5.82 Å². The number of nitrogens with one attached hydrogen (secondary N) is 1. The average molecular weight is 271 g/mol. The zero-order chi connectivity index (χ0) is 13.3. The summed E-state index contributed by atoms with van der Waals surface area (Å²) < 4.78 is 13.0. The molecule has 1 aliphatic rings. The van der Waals surface area contributed by atoms with Gasteiger partial charge in [-0.05, 0) is 25.1 Å². The van der Waals surface area contributed by atoms with Crippen molar-refractivity contribution >= 4 is 29.1 Å². The SMILES string of the molecule is CCN1C(=O)CC(Nc2ccc(F)c(Cl)c2)C1=O. The zero-order valence-corrected chi connectivity index (χ0v) is 10.5. The summed E-state index contributed by atoms with van der Waals surface area (Å²) in [5.41, 5.74) is 0.519. The average Bonchev–Trinajstić information content (AvgIpc) is 2.59. The first-order valence-electron chi connectivity index (χ1n) is 5.58. The van der Waals surface area contributed by atoms with Crippen molar-refractivity contribution < 1.29 is 14.0 Å². The molecule has 1 aromatic rings. The quantitative estimate of drug-likeness (QED) is 0.855. The van der Waals surface area contributed by atoms with Crippen LogP contribution in [0.5, 0.6) is 0 Å². The van der Waals surface area contributed by atoms with Gasteiger partial charge >= 0.3 is 0 Å². The molecular weight excluding hydrogens is 259 g/mol.